The van der Waals surface area contributed by atoms with Crippen molar-refractivity contribution in [3.63, 3.8) is 0 Å². The van der Waals surface area contributed by atoms with Gasteiger partial charge in [-0.3, -0.25) is 4.79 Å². The van der Waals surface area contributed by atoms with E-state index in [0.29, 0.717) is 30.3 Å². The topological polar surface area (TPSA) is 77.7 Å². The van der Waals surface area contributed by atoms with E-state index in [4.69, 9.17) is 15.2 Å². The van der Waals surface area contributed by atoms with Crippen LogP contribution in [0.15, 0.2) is 17.5 Å². The summed E-state index contributed by atoms with van der Waals surface area (Å²) in [5.74, 6) is 1.56. The number of carbonyl (C=O) groups excluding carboxylic acids is 1. The minimum absolute atomic E-state index is 0.0107. The average molecular weight is 361 g/mol. The van der Waals surface area contributed by atoms with Crippen LogP contribution in [-0.2, 0) is 17.6 Å². The van der Waals surface area contributed by atoms with E-state index in [1.165, 1.54) is 16.9 Å². The van der Waals surface area contributed by atoms with Crippen LogP contribution in [0, 0.1) is 0 Å². The minimum atomic E-state index is 0.0107. The Balaban J connectivity index is 1.74. The zero-order valence-electron chi connectivity index (χ0n) is 14.7. The first-order valence-corrected chi connectivity index (χ1v) is 9.15. The summed E-state index contributed by atoms with van der Waals surface area (Å²) in [7, 11) is 3.26. The molecule has 0 radical (unpaired) electrons. The standard InChI is InChI=1S/C18H23N3O3S/c1-11-14-9-16(24-3)15(23-2)8-12(14)6-7-21(11)17(22)5-4-13-10-25-18(19)20-13/h8-11H,4-7H2,1-3H3,(H2,19,20)/t11-/m0/s1. The molecular weight excluding hydrogens is 338 g/mol. The number of ether oxygens (including phenoxy) is 2. The molecule has 3 rings (SSSR count). The minimum Gasteiger partial charge on any atom is -0.493 e. The smallest absolute Gasteiger partial charge is 0.223 e. The number of hydrogen-bond donors (Lipinski definition) is 1. The molecular formula is C18H23N3O3S. The number of amides is 1. The number of nitrogens with two attached hydrogens (primary N) is 1. The van der Waals surface area contributed by atoms with Crippen LogP contribution in [0.1, 0.15) is 36.2 Å². The van der Waals surface area contributed by atoms with Crippen LogP contribution >= 0.6 is 11.3 Å². The van der Waals surface area contributed by atoms with E-state index in [2.05, 4.69) is 11.9 Å². The quantitative estimate of drug-likeness (QED) is 0.886. The molecule has 1 aliphatic rings. The molecule has 134 valence electrons. The lowest BCUT2D eigenvalue weighted by molar-refractivity contribution is -0.133. The molecule has 1 aliphatic heterocycles. The van der Waals surface area contributed by atoms with Crippen molar-refractivity contribution in [2.45, 2.75) is 32.2 Å². The van der Waals surface area contributed by atoms with Gasteiger partial charge < -0.3 is 20.1 Å². The van der Waals surface area contributed by atoms with Crippen LogP contribution in [0.4, 0.5) is 5.13 Å². The average Bonchev–Trinajstić information content (AvgIpc) is 3.04. The molecule has 0 saturated heterocycles. The summed E-state index contributed by atoms with van der Waals surface area (Å²) in [5, 5.41) is 2.46. The molecule has 2 aromatic rings. The predicted octanol–water partition coefficient (Wildman–Crippen LogP) is 2.82. The van der Waals surface area contributed by atoms with Crippen LogP contribution in [0.25, 0.3) is 0 Å². The number of methoxy groups -OCH3 is 2. The number of fused-ring (bicyclic) bond motifs is 1. The van der Waals surface area contributed by atoms with Gasteiger partial charge in [-0.25, -0.2) is 4.98 Å². The Morgan fingerprint density at radius 3 is 2.72 bits per heavy atom. The van der Waals surface area contributed by atoms with Crippen LogP contribution < -0.4 is 15.2 Å². The lowest BCUT2D eigenvalue weighted by atomic mass is 9.92. The van der Waals surface area contributed by atoms with Crippen molar-refractivity contribution in [1.82, 2.24) is 9.88 Å². The SMILES string of the molecule is COc1cc2c(cc1OC)[C@H](C)N(C(=O)CCc1csc(N)n1)CC2. The van der Waals surface area contributed by atoms with E-state index < -0.39 is 0 Å². The van der Waals surface area contributed by atoms with Gasteiger partial charge in [0.2, 0.25) is 5.91 Å². The first-order chi connectivity index (χ1) is 12.0. The highest BCUT2D eigenvalue weighted by atomic mass is 32.1. The van der Waals surface area contributed by atoms with Crippen molar-refractivity contribution in [2.75, 3.05) is 26.5 Å². The summed E-state index contributed by atoms with van der Waals surface area (Å²) < 4.78 is 10.8. The number of anilines is 1. The molecule has 1 atom stereocenters. The second-order valence-electron chi connectivity index (χ2n) is 6.10. The van der Waals surface area contributed by atoms with Crippen molar-refractivity contribution >= 4 is 22.4 Å². The summed E-state index contributed by atoms with van der Waals surface area (Å²) in [6, 6.07) is 4.01. The van der Waals surface area contributed by atoms with Gasteiger partial charge in [0.25, 0.3) is 0 Å². The van der Waals surface area contributed by atoms with E-state index in [1.807, 2.05) is 22.4 Å². The molecule has 0 saturated carbocycles. The maximum absolute atomic E-state index is 12.7. The van der Waals surface area contributed by atoms with Gasteiger partial charge in [-0.1, -0.05) is 0 Å². The van der Waals surface area contributed by atoms with Gasteiger partial charge in [0, 0.05) is 18.3 Å². The molecule has 1 amide bonds. The Morgan fingerprint density at radius 2 is 2.08 bits per heavy atom. The first-order valence-electron chi connectivity index (χ1n) is 8.27. The molecule has 1 aromatic carbocycles. The molecule has 2 heterocycles. The summed E-state index contributed by atoms with van der Waals surface area (Å²) in [6.45, 7) is 2.77. The highest BCUT2D eigenvalue weighted by Gasteiger charge is 2.28. The molecule has 6 nitrogen and oxygen atoms in total. The Morgan fingerprint density at radius 1 is 1.36 bits per heavy atom. The van der Waals surface area contributed by atoms with E-state index in [0.717, 1.165) is 23.4 Å². The van der Waals surface area contributed by atoms with E-state index in [1.54, 1.807) is 14.2 Å². The van der Waals surface area contributed by atoms with Crippen LogP contribution in [-0.4, -0.2) is 36.6 Å². The second-order valence-corrected chi connectivity index (χ2v) is 6.99. The van der Waals surface area contributed by atoms with Gasteiger partial charge >= 0.3 is 0 Å². The highest BCUT2D eigenvalue weighted by molar-refractivity contribution is 7.13. The number of nitrogen functional groups attached to an aromatic ring is 1. The van der Waals surface area contributed by atoms with Crippen LogP contribution in [0.3, 0.4) is 0 Å². The summed E-state index contributed by atoms with van der Waals surface area (Å²) in [4.78, 5) is 18.8. The molecule has 0 bridgehead atoms. The van der Waals surface area contributed by atoms with Crippen LogP contribution in [0.5, 0.6) is 11.5 Å². The van der Waals surface area contributed by atoms with E-state index in [9.17, 15) is 4.79 Å². The Kier molecular flexibility index (Phi) is 5.13. The third kappa shape index (κ3) is 3.56. The molecule has 25 heavy (non-hydrogen) atoms. The zero-order valence-corrected chi connectivity index (χ0v) is 15.6. The number of thiazole rings is 1. The van der Waals surface area contributed by atoms with Crippen molar-refractivity contribution in [3.05, 3.63) is 34.3 Å². The van der Waals surface area contributed by atoms with Gasteiger partial charge in [-0.2, -0.15) is 0 Å². The van der Waals surface area contributed by atoms with Gasteiger partial charge in [-0.05, 0) is 43.0 Å². The molecule has 2 N–H and O–H groups in total. The molecule has 1 aromatic heterocycles. The third-order valence-electron chi connectivity index (χ3n) is 4.67. The molecule has 0 fully saturated rings. The Hall–Kier alpha value is -2.28. The largest absolute Gasteiger partial charge is 0.493 e. The number of carbonyl (C=O) groups is 1. The number of rotatable bonds is 5. The first kappa shape index (κ1) is 17.5. The molecule has 0 aliphatic carbocycles. The van der Waals surface area contributed by atoms with Gasteiger partial charge in [-0.15, -0.1) is 11.3 Å². The van der Waals surface area contributed by atoms with Crippen molar-refractivity contribution < 1.29 is 14.3 Å². The monoisotopic (exact) mass is 361 g/mol. The van der Waals surface area contributed by atoms with Crippen LogP contribution in [0.2, 0.25) is 0 Å². The fraction of sp³-hybridized carbons (Fsp3) is 0.444. The van der Waals surface area contributed by atoms with E-state index in [-0.39, 0.29) is 11.9 Å². The summed E-state index contributed by atoms with van der Waals surface area (Å²) in [5.41, 5.74) is 8.86. The fourth-order valence-corrected chi connectivity index (χ4v) is 3.90. The zero-order chi connectivity index (χ0) is 18.0. The Labute approximate surface area is 151 Å². The lowest BCUT2D eigenvalue weighted by Gasteiger charge is -2.36. The lowest BCUT2D eigenvalue weighted by Crippen LogP contribution is -2.39. The molecule has 0 spiro atoms. The molecule has 7 heteroatoms. The van der Waals surface area contributed by atoms with E-state index >= 15 is 0 Å². The number of hydrogen-bond acceptors (Lipinski definition) is 6. The maximum atomic E-state index is 12.7. The fourth-order valence-electron chi connectivity index (χ4n) is 3.30. The molecule has 0 unspecified atom stereocenters. The third-order valence-corrected chi connectivity index (χ3v) is 5.39. The number of aromatic nitrogens is 1. The number of nitrogens with zero attached hydrogens (tertiary/aromatic N) is 2. The van der Waals surface area contributed by atoms with Crippen molar-refractivity contribution in [1.29, 1.82) is 0 Å². The highest BCUT2D eigenvalue weighted by Crippen LogP contribution is 2.38. The maximum Gasteiger partial charge on any atom is 0.223 e. The van der Waals surface area contributed by atoms with Crippen molar-refractivity contribution in [2.24, 2.45) is 0 Å². The number of benzene rings is 1. The number of aryl methyl sites for hydroxylation is 1. The van der Waals surface area contributed by atoms with Gasteiger partial charge in [0.1, 0.15) is 0 Å². The Bertz CT molecular complexity index is 775. The summed E-state index contributed by atoms with van der Waals surface area (Å²) in [6.07, 6.45) is 1.88. The second kappa shape index (κ2) is 7.31. The normalized spacial score (nSPS) is 16.4. The van der Waals surface area contributed by atoms with Gasteiger partial charge in [0.15, 0.2) is 16.6 Å². The predicted molar refractivity (Wildman–Crippen MR) is 98.2 cm³/mol. The van der Waals surface area contributed by atoms with Gasteiger partial charge in [0.05, 0.1) is 26.0 Å². The summed E-state index contributed by atoms with van der Waals surface area (Å²) >= 11 is 1.41. The van der Waals surface area contributed by atoms with Crippen molar-refractivity contribution in [3.8, 4) is 11.5 Å².